The zero-order valence-electron chi connectivity index (χ0n) is 4.16. The molecule has 1 amide bonds. The van der Waals surface area contributed by atoms with Gasteiger partial charge in [-0.15, -0.1) is 0 Å². The van der Waals surface area contributed by atoms with Gasteiger partial charge in [0, 0.05) is 6.08 Å². The van der Waals surface area contributed by atoms with Gasteiger partial charge in [-0.25, -0.2) is 5.48 Å². The third kappa shape index (κ3) is 3.32. The van der Waals surface area contributed by atoms with Gasteiger partial charge in [-0.1, -0.05) is 6.08 Å². The number of aliphatic hydroxyl groups excluding tert-OH is 1. The second-order valence-corrected chi connectivity index (χ2v) is 1.06. The quantitative estimate of drug-likeness (QED) is 0.248. The molecule has 0 saturated heterocycles. The Morgan fingerprint density at radius 1 is 1.75 bits per heavy atom. The first kappa shape index (κ1) is 7.13. The highest BCUT2D eigenvalue weighted by molar-refractivity contribution is 5.86. The SMILES string of the molecule is O=C(C=CCO)NO. The highest BCUT2D eigenvalue weighted by Gasteiger charge is 1.84. The molecule has 46 valence electrons. The molecule has 8 heavy (non-hydrogen) atoms. The van der Waals surface area contributed by atoms with Crippen LogP contribution in [0.25, 0.3) is 0 Å². The predicted molar refractivity (Wildman–Crippen MR) is 26.2 cm³/mol. The molecule has 0 fully saturated rings. The Morgan fingerprint density at radius 3 is 2.75 bits per heavy atom. The van der Waals surface area contributed by atoms with Crippen LogP contribution < -0.4 is 5.48 Å². The lowest BCUT2D eigenvalue weighted by Crippen LogP contribution is -2.15. The summed E-state index contributed by atoms with van der Waals surface area (Å²) in [5.74, 6) is -0.640. The van der Waals surface area contributed by atoms with Crippen LogP contribution in [0.4, 0.5) is 0 Å². The number of nitrogens with one attached hydrogen (secondary N) is 1. The highest BCUT2D eigenvalue weighted by Crippen LogP contribution is 1.67. The molecule has 0 aliphatic rings. The number of hydroxylamine groups is 1. The van der Waals surface area contributed by atoms with Crippen molar-refractivity contribution < 1.29 is 15.1 Å². The van der Waals surface area contributed by atoms with Crippen LogP contribution in [0, 0.1) is 0 Å². The van der Waals surface area contributed by atoms with Crippen molar-refractivity contribution in [1.82, 2.24) is 5.48 Å². The van der Waals surface area contributed by atoms with Crippen LogP contribution in [0.5, 0.6) is 0 Å². The Hall–Kier alpha value is -0.870. The van der Waals surface area contributed by atoms with E-state index in [9.17, 15) is 4.79 Å². The number of aliphatic hydroxyl groups is 1. The van der Waals surface area contributed by atoms with Gasteiger partial charge in [0.15, 0.2) is 0 Å². The summed E-state index contributed by atoms with van der Waals surface area (Å²) in [7, 11) is 0. The van der Waals surface area contributed by atoms with Crippen LogP contribution in [0.1, 0.15) is 0 Å². The van der Waals surface area contributed by atoms with E-state index in [4.69, 9.17) is 10.3 Å². The zero-order valence-corrected chi connectivity index (χ0v) is 4.16. The van der Waals surface area contributed by atoms with E-state index in [2.05, 4.69) is 0 Å². The van der Waals surface area contributed by atoms with Gasteiger partial charge in [-0.2, -0.15) is 0 Å². The van der Waals surface area contributed by atoms with E-state index in [-0.39, 0.29) is 6.61 Å². The van der Waals surface area contributed by atoms with E-state index in [0.717, 1.165) is 6.08 Å². The van der Waals surface area contributed by atoms with Crippen molar-refractivity contribution in [2.75, 3.05) is 6.61 Å². The van der Waals surface area contributed by atoms with E-state index in [1.54, 1.807) is 0 Å². The van der Waals surface area contributed by atoms with Gasteiger partial charge in [-0.3, -0.25) is 10.0 Å². The fraction of sp³-hybridized carbons (Fsp3) is 0.250. The first-order valence-electron chi connectivity index (χ1n) is 2.02. The van der Waals surface area contributed by atoms with E-state index in [0.29, 0.717) is 0 Å². The largest absolute Gasteiger partial charge is 0.392 e. The summed E-state index contributed by atoms with van der Waals surface area (Å²) >= 11 is 0. The molecular formula is C4H7NO3. The minimum Gasteiger partial charge on any atom is -0.392 e. The molecule has 0 rings (SSSR count). The zero-order chi connectivity index (χ0) is 6.41. The molecule has 4 nitrogen and oxygen atoms in total. The molecule has 0 aliphatic carbocycles. The average Bonchev–Trinajstić information content (AvgIpc) is 1.83. The minimum atomic E-state index is -0.640. The van der Waals surface area contributed by atoms with Crippen LogP contribution in [-0.4, -0.2) is 22.8 Å². The monoisotopic (exact) mass is 117 g/mol. The molecular weight excluding hydrogens is 110 g/mol. The van der Waals surface area contributed by atoms with Gasteiger partial charge < -0.3 is 5.11 Å². The third-order valence-corrected chi connectivity index (χ3v) is 0.485. The van der Waals surface area contributed by atoms with Crippen molar-refractivity contribution in [1.29, 1.82) is 0 Å². The van der Waals surface area contributed by atoms with E-state index in [1.165, 1.54) is 11.6 Å². The molecule has 0 aliphatic heterocycles. The lowest BCUT2D eigenvalue weighted by atomic mass is 10.5. The summed E-state index contributed by atoms with van der Waals surface area (Å²) in [6.45, 7) is -0.201. The van der Waals surface area contributed by atoms with Crippen LogP contribution in [0.3, 0.4) is 0 Å². The van der Waals surface area contributed by atoms with E-state index >= 15 is 0 Å². The molecule has 0 unspecified atom stereocenters. The van der Waals surface area contributed by atoms with Crippen molar-refractivity contribution in [3.05, 3.63) is 12.2 Å². The number of hydrogen-bond donors (Lipinski definition) is 3. The lowest BCUT2D eigenvalue weighted by molar-refractivity contribution is -0.124. The number of hydrogen-bond acceptors (Lipinski definition) is 3. The molecule has 0 spiro atoms. The summed E-state index contributed by atoms with van der Waals surface area (Å²) < 4.78 is 0. The summed E-state index contributed by atoms with van der Waals surface area (Å²) in [5.41, 5.74) is 1.36. The Bertz CT molecular complexity index is 99.5. The standard InChI is InChI=1S/C4H7NO3/c6-3-1-2-4(7)5-8/h1-2,6,8H,3H2,(H,5,7). The molecule has 4 heteroatoms. The summed E-state index contributed by atoms with van der Waals surface area (Å²) in [5, 5.41) is 15.9. The van der Waals surface area contributed by atoms with Crippen molar-refractivity contribution in [3.63, 3.8) is 0 Å². The molecule has 3 N–H and O–H groups in total. The van der Waals surface area contributed by atoms with E-state index in [1.807, 2.05) is 0 Å². The maximum absolute atomic E-state index is 10.0. The van der Waals surface area contributed by atoms with Gasteiger partial charge in [0.25, 0.3) is 5.91 Å². The van der Waals surface area contributed by atoms with Crippen LogP contribution in [0.2, 0.25) is 0 Å². The molecule has 0 aromatic carbocycles. The van der Waals surface area contributed by atoms with Gasteiger partial charge >= 0.3 is 0 Å². The third-order valence-electron chi connectivity index (χ3n) is 0.485. The van der Waals surface area contributed by atoms with Crippen molar-refractivity contribution in [3.8, 4) is 0 Å². The molecule has 0 bridgehead atoms. The fourth-order valence-electron chi connectivity index (χ4n) is 0.197. The maximum Gasteiger partial charge on any atom is 0.267 e. The minimum absolute atomic E-state index is 0.201. The van der Waals surface area contributed by atoms with Crippen LogP contribution >= 0.6 is 0 Å². The van der Waals surface area contributed by atoms with Crippen molar-refractivity contribution in [2.45, 2.75) is 0 Å². The van der Waals surface area contributed by atoms with Crippen molar-refractivity contribution in [2.24, 2.45) is 0 Å². The second kappa shape index (κ2) is 4.29. The Labute approximate surface area is 46.4 Å². The van der Waals surface area contributed by atoms with Gasteiger partial charge in [0.2, 0.25) is 0 Å². The first-order valence-corrected chi connectivity index (χ1v) is 2.02. The lowest BCUT2D eigenvalue weighted by Gasteiger charge is -1.84. The molecule has 0 radical (unpaired) electrons. The molecule has 0 aromatic heterocycles. The smallest absolute Gasteiger partial charge is 0.267 e. The molecule has 0 heterocycles. The first-order chi connectivity index (χ1) is 3.81. The second-order valence-electron chi connectivity index (χ2n) is 1.06. The number of rotatable bonds is 2. The van der Waals surface area contributed by atoms with Crippen LogP contribution in [0.15, 0.2) is 12.2 Å². The summed E-state index contributed by atoms with van der Waals surface area (Å²) in [6.07, 6.45) is 2.24. The normalized spacial score (nSPS) is 9.75. The topological polar surface area (TPSA) is 69.6 Å². The predicted octanol–water partition coefficient (Wildman–Crippen LogP) is -0.960. The number of carbonyl (C=O) groups is 1. The fourth-order valence-corrected chi connectivity index (χ4v) is 0.197. The van der Waals surface area contributed by atoms with Gasteiger partial charge in [0.1, 0.15) is 0 Å². The Kier molecular flexibility index (Phi) is 3.83. The highest BCUT2D eigenvalue weighted by atomic mass is 16.5. The van der Waals surface area contributed by atoms with Gasteiger partial charge in [0.05, 0.1) is 6.61 Å². The van der Waals surface area contributed by atoms with E-state index < -0.39 is 5.91 Å². The summed E-state index contributed by atoms with van der Waals surface area (Å²) in [6, 6.07) is 0. The Morgan fingerprint density at radius 2 is 2.38 bits per heavy atom. The molecule has 0 saturated carbocycles. The maximum atomic E-state index is 10.0. The summed E-state index contributed by atoms with van der Waals surface area (Å²) in [4.78, 5) is 10.0. The average molecular weight is 117 g/mol. The molecule has 0 atom stereocenters. The number of carbonyl (C=O) groups excluding carboxylic acids is 1. The van der Waals surface area contributed by atoms with Gasteiger partial charge in [-0.05, 0) is 0 Å². The Balaban J connectivity index is 3.37. The molecule has 0 aromatic rings. The van der Waals surface area contributed by atoms with Crippen molar-refractivity contribution >= 4 is 5.91 Å². The number of amides is 1. The van der Waals surface area contributed by atoms with Crippen LogP contribution in [-0.2, 0) is 4.79 Å².